The van der Waals surface area contributed by atoms with Crippen LogP contribution in [0.3, 0.4) is 0 Å². The van der Waals surface area contributed by atoms with E-state index >= 15 is 0 Å². The second-order valence-electron chi connectivity index (χ2n) is 5.58. The first-order valence-electron chi connectivity index (χ1n) is 7.97. The molecule has 0 heterocycles. The van der Waals surface area contributed by atoms with Crippen molar-refractivity contribution in [3.63, 3.8) is 0 Å². The molecule has 2 aromatic carbocycles. The van der Waals surface area contributed by atoms with Crippen LogP contribution in [-0.4, -0.2) is 38.7 Å². The maximum atomic E-state index is 10.0. The normalized spacial score (nSPS) is 13.8. The van der Waals surface area contributed by atoms with Crippen LogP contribution in [0.25, 0.3) is 0 Å². The van der Waals surface area contributed by atoms with E-state index in [2.05, 4.69) is 24.3 Å². The lowest BCUT2D eigenvalue weighted by Crippen LogP contribution is -2.31. The third-order valence-electron chi connectivity index (χ3n) is 3.62. The molecule has 0 amide bonds. The molecule has 0 spiro atoms. The molecule has 0 bridgehead atoms. The van der Waals surface area contributed by atoms with Crippen LogP contribution >= 0.6 is 23.5 Å². The zero-order valence-electron chi connectivity index (χ0n) is 13.5. The quantitative estimate of drug-likeness (QED) is 0.565. The van der Waals surface area contributed by atoms with Crippen molar-refractivity contribution in [1.29, 1.82) is 0 Å². The molecule has 3 nitrogen and oxygen atoms in total. The second-order valence-corrected chi connectivity index (χ2v) is 8.26. The van der Waals surface area contributed by atoms with E-state index in [-0.39, 0.29) is 4.58 Å². The summed E-state index contributed by atoms with van der Waals surface area (Å²) in [6, 6.07) is 20.4. The minimum absolute atomic E-state index is 0.140. The highest BCUT2D eigenvalue weighted by atomic mass is 32.2. The molecule has 130 valence electrons. The zero-order chi connectivity index (χ0) is 17.2. The van der Waals surface area contributed by atoms with Crippen LogP contribution < -0.4 is 0 Å². The van der Waals surface area contributed by atoms with E-state index in [1.165, 1.54) is 11.1 Å². The first-order chi connectivity index (χ1) is 11.7. The van der Waals surface area contributed by atoms with Gasteiger partial charge in [-0.3, -0.25) is 0 Å². The molecule has 0 saturated heterocycles. The summed E-state index contributed by atoms with van der Waals surface area (Å²) in [6.07, 6.45) is -1.55. The maximum Gasteiger partial charge on any atom is 0.103 e. The summed E-state index contributed by atoms with van der Waals surface area (Å²) in [5.74, 6) is 1.71. The molecular formula is C19H24O3S2. The molecule has 0 aliphatic carbocycles. The molecule has 0 aliphatic heterocycles. The average molecular weight is 365 g/mol. The summed E-state index contributed by atoms with van der Waals surface area (Å²) in [6.45, 7) is -0.416. The van der Waals surface area contributed by atoms with Gasteiger partial charge in [0.2, 0.25) is 0 Å². The highest BCUT2D eigenvalue weighted by Gasteiger charge is 2.21. The number of benzene rings is 2. The molecule has 2 aromatic rings. The Morgan fingerprint density at radius 3 is 1.58 bits per heavy atom. The molecule has 3 N–H and O–H groups in total. The molecule has 5 heteroatoms. The van der Waals surface area contributed by atoms with E-state index in [0.29, 0.717) is 6.42 Å². The van der Waals surface area contributed by atoms with E-state index in [1.807, 2.05) is 36.4 Å². The first-order valence-corrected chi connectivity index (χ1v) is 10.1. The average Bonchev–Trinajstić information content (AvgIpc) is 2.64. The van der Waals surface area contributed by atoms with E-state index in [9.17, 15) is 10.2 Å². The fourth-order valence-electron chi connectivity index (χ4n) is 2.19. The summed E-state index contributed by atoms with van der Waals surface area (Å²) >= 11 is 3.52. The summed E-state index contributed by atoms with van der Waals surface area (Å²) in [7, 11) is 0. The maximum absolute atomic E-state index is 10.0. The molecule has 0 aromatic heterocycles. The SMILES string of the molecule is OC[C@@H](O)[C@@H](O)CC(SCc1ccccc1)SCc1ccccc1. The summed E-state index contributed by atoms with van der Waals surface area (Å²) in [4.78, 5) is 0. The predicted molar refractivity (Wildman–Crippen MR) is 103 cm³/mol. The highest BCUT2D eigenvalue weighted by molar-refractivity contribution is 8.16. The fourth-order valence-corrected chi connectivity index (χ4v) is 4.79. The lowest BCUT2D eigenvalue weighted by Gasteiger charge is -2.22. The van der Waals surface area contributed by atoms with Crippen molar-refractivity contribution in [2.45, 2.75) is 34.7 Å². The van der Waals surface area contributed by atoms with Crippen LogP contribution in [0.15, 0.2) is 60.7 Å². The van der Waals surface area contributed by atoms with E-state index in [0.717, 1.165) is 11.5 Å². The Kier molecular flexibility index (Phi) is 8.70. The van der Waals surface area contributed by atoms with Gasteiger partial charge in [-0.15, -0.1) is 23.5 Å². The van der Waals surface area contributed by atoms with Gasteiger partial charge >= 0.3 is 0 Å². The Labute approximate surface area is 152 Å². The molecule has 0 radical (unpaired) electrons. The van der Waals surface area contributed by atoms with E-state index in [1.54, 1.807) is 23.5 Å². The summed E-state index contributed by atoms with van der Waals surface area (Å²) in [5, 5.41) is 28.7. The van der Waals surface area contributed by atoms with Crippen molar-refractivity contribution in [2.24, 2.45) is 0 Å². The van der Waals surface area contributed by atoms with Crippen LogP contribution in [0.4, 0.5) is 0 Å². The standard InChI is InChI=1S/C19H24O3S2/c20-12-18(22)17(21)11-19(23-13-15-7-3-1-4-8-15)24-14-16-9-5-2-6-10-16/h1-10,17-22H,11-14H2/t17-,18+/m0/s1. The molecule has 0 fully saturated rings. The number of thioether (sulfide) groups is 2. The van der Waals surface area contributed by atoms with Gasteiger partial charge in [0.05, 0.1) is 17.3 Å². The molecule has 24 heavy (non-hydrogen) atoms. The van der Waals surface area contributed by atoms with Crippen molar-refractivity contribution in [2.75, 3.05) is 6.61 Å². The van der Waals surface area contributed by atoms with Crippen molar-refractivity contribution in [3.05, 3.63) is 71.8 Å². The zero-order valence-corrected chi connectivity index (χ0v) is 15.1. The third-order valence-corrected chi connectivity index (χ3v) is 6.57. The van der Waals surface area contributed by atoms with Crippen molar-refractivity contribution < 1.29 is 15.3 Å². The van der Waals surface area contributed by atoms with Crippen molar-refractivity contribution >= 4 is 23.5 Å². The molecule has 0 saturated carbocycles. The minimum Gasteiger partial charge on any atom is -0.394 e. The van der Waals surface area contributed by atoms with E-state index < -0.39 is 18.8 Å². The molecule has 0 aliphatic rings. The minimum atomic E-state index is -1.08. The fraction of sp³-hybridized carbons (Fsp3) is 0.368. The van der Waals surface area contributed by atoms with Crippen molar-refractivity contribution in [3.8, 4) is 0 Å². The van der Waals surface area contributed by atoms with Gasteiger partial charge < -0.3 is 15.3 Å². The Morgan fingerprint density at radius 2 is 1.17 bits per heavy atom. The van der Waals surface area contributed by atoms with Gasteiger partial charge in [0.15, 0.2) is 0 Å². The summed E-state index contributed by atoms with van der Waals surface area (Å²) < 4.78 is 0.140. The number of rotatable bonds is 10. The number of hydrogen-bond acceptors (Lipinski definition) is 5. The lowest BCUT2D eigenvalue weighted by molar-refractivity contribution is -0.0154. The van der Waals surface area contributed by atoms with Crippen LogP contribution in [0.5, 0.6) is 0 Å². The molecular weight excluding hydrogens is 340 g/mol. The molecule has 2 rings (SSSR count). The molecule has 2 atom stereocenters. The first kappa shape index (κ1) is 19.3. The third kappa shape index (κ3) is 6.87. The van der Waals surface area contributed by atoms with Gasteiger partial charge in [0.1, 0.15) is 6.10 Å². The van der Waals surface area contributed by atoms with Crippen LogP contribution in [-0.2, 0) is 11.5 Å². The van der Waals surface area contributed by atoms with Crippen LogP contribution in [0.2, 0.25) is 0 Å². The lowest BCUT2D eigenvalue weighted by atomic mass is 10.2. The Hall–Kier alpha value is -0.980. The largest absolute Gasteiger partial charge is 0.394 e. The Balaban J connectivity index is 1.92. The van der Waals surface area contributed by atoms with Crippen LogP contribution in [0.1, 0.15) is 17.5 Å². The second kappa shape index (κ2) is 10.8. The van der Waals surface area contributed by atoms with Gasteiger partial charge in [-0.25, -0.2) is 0 Å². The van der Waals surface area contributed by atoms with Crippen LogP contribution in [0, 0.1) is 0 Å². The smallest absolute Gasteiger partial charge is 0.103 e. The highest BCUT2D eigenvalue weighted by Crippen LogP contribution is 2.33. The monoisotopic (exact) mass is 364 g/mol. The van der Waals surface area contributed by atoms with Gasteiger partial charge in [0, 0.05) is 11.5 Å². The Morgan fingerprint density at radius 1 is 0.708 bits per heavy atom. The number of aliphatic hydroxyl groups is 3. The van der Waals surface area contributed by atoms with Crippen molar-refractivity contribution in [1.82, 2.24) is 0 Å². The van der Waals surface area contributed by atoms with Gasteiger partial charge in [-0.1, -0.05) is 60.7 Å². The topological polar surface area (TPSA) is 60.7 Å². The Bertz CT molecular complexity index is 522. The van der Waals surface area contributed by atoms with Gasteiger partial charge in [-0.05, 0) is 17.5 Å². The predicted octanol–water partition coefficient (Wildman–Crippen LogP) is 3.28. The number of aliphatic hydroxyl groups excluding tert-OH is 3. The molecule has 0 unspecified atom stereocenters. The number of hydrogen-bond donors (Lipinski definition) is 3. The summed E-state index contributed by atoms with van der Waals surface area (Å²) in [5.41, 5.74) is 2.48. The van der Waals surface area contributed by atoms with Gasteiger partial charge in [0.25, 0.3) is 0 Å². The van der Waals surface area contributed by atoms with Gasteiger partial charge in [-0.2, -0.15) is 0 Å². The van der Waals surface area contributed by atoms with E-state index in [4.69, 9.17) is 5.11 Å².